The van der Waals surface area contributed by atoms with Gasteiger partial charge >= 0.3 is 0 Å². The van der Waals surface area contributed by atoms with E-state index in [2.05, 4.69) is 5.32 Å². The largest absolute Gasteiger partial charge is 0.354 e. The number of thioether (sulfide) groups is 1. The molecule has 0 spiro atoms. The van der Waals surface area contributed by atoms with Gasteiger partial charge in [-0.2, -0.15) is 11.8 Å². The van der Waals surface area contributed by atoms with E-state index in [0.717, 1.165) is 16.7 Å². The van der Waals surface area contributed by atoms with Gasteiger partial charge in [0.2, 0.25) is 5.91 Å². The van der Waals surface area contributed by atoms with Gasteiger partial charge in [0.15, 0.2) is 0 Å². The minimum atomic E-state index is -3.93. The van der Waals surface area contributed by atoms with Crippen LogP contribution in [0.3, 0.4) is 0 Å². The molecule has 5 nitrogen and oxygen atoms in total. The number of nitrogens with zero attached hydrogens (tertiary/aromatic N) is 1. The minimum absolute atomic E-state index is 0.135. The van der Waals surface area contributed by atoms with E-state index in [-0.39, 0.29) is 17.3 Å². The van der Waals surface area contributed by atoms with Crippen molar-refractivity contribution >= 4 is 56.6 Å². The monoisotopic (exact) mass is 536 g/mol. The summed E-state index contributed by atoms with van der Waals surface area (Å²) in [6.07, 6.45) is 0. The Morgan fingerprint density at radius 3 is 2.26 bits per heavy atom. The number of sulfonamides is 1. The first-order valence-electron chi connectivity index (χ1n) is 10.6. The molecule has 1 amide bonds. The normalized spacial score (nSPS) is 11.3. The number of nitrogens with one attached hydrogen (secondary N) is 1. The highest BCUT2D eigenvalue weighted by Gasteiger charge is 2.28. The molecule has 1 N–H and O–H groups in total. The van der Waals surface area contributed by atoms with Gasteiger partial charge in [0.05, 0.1) is 10.6 Å². The lowest BCUT2D eigenvalue weighted by Crippen LogP contribution is -2.41. The summed E-state index contributed by atoms with van der Waals surface area (Å²) in [6, 6.07) is 18.9. The highest BCUT2D eigenvalue weighted by molar-refractivity contribution is 7.98. The summed E-state index contributed by atoms with van der Waals surface area (Å²) in [5, 5.41) is 4.05. The molecule has 0 aliphatic rings. The Bertz CT molecular complexity index is 1230. The number of hydrogen-bond donors (Lipinski definition) is 1. The van der Waals surface area contributed by atoms with Crippen LogP contribution >= 0.6 is 35.0 Å². The maximum absolute atomic E-state index is 13.4. The van der Waals surface area contributed by atoms with Crippen LogP contribution in [-0.4, -0.2) is 33.2 Å². The van der Waals surface area contributed by atoms with Gasteiger partial charge in [-0.1, -0.05) is 59.6 Å². The molecule has 0 unspecified atom stereocenters. The topological polar surface area (TPSA) is 66.5 Å². The number of rotatable bonds is 10. The molecule has 0 radical (unpaired) electrons. The van der Waals surface area contributed by atoms with Crippen molar-refractivity contribution in [2.45, 2.75) is 24.5 Å². The number of anilines is 1. The fourth-order valence-electron chi connectivity index (χ4n) is 3.32. The third kappa shape index (κ3) is 6.48. The molecular weight excluding hydrogens is 511 g/mol. The lowest BCUT2D eigenvalue weighted by Gasteiger charge is -2.26. The Hall–Kier alpha value is -2.19. The number of halogens is 2. The predicted octanol–water partition coefficient (Wildman–Crippen LogP) is 5.86. The highest BCUT2D eigenvalue weighted by Crippen LogP contribution is 2.29. The Kier molecular flexibility index (Phi) is 9.31. The second-order valence-corrected chi connectivity index (χ2v) is 11.4. The summed E-state index contributed by atoms with van der Waals surface area (Å²) in [6.45, 7) is 3.83. The first-order chi connectivity index (χ1) is 16.2. The molecule has 0 saturated heterocycles. The van der Waals surface area contributed by atoms with E-state index in [1.807, 2.05) is 19.9 Å². The van der Waals surface area contributed by atoms with Gasteiger partial charge in [0.1, 0.15) is 6.54 Å². The molecule has 0 aliphatic heterocycles. The summed E-state index contributed by atoms with van der Waals surface area (Å²) in [7, 11) is -3.93. The molecule has 0 fully saturated rings. The zero-order chi connectivity index (χ0) is 24.7. The summed E-state index contributed by atoms with van der Waals surface area (Å²) in [5.74, 6) is 0.866. The van der Waals surface area contributed by atoms with Gasteiger partial charge in [0, 0.05) is 28.1 Å². The molecule has 0 aliphatic carbocycles. The van der Waals surface area contributed by atoms with Crippen molar-refractivity contribution in [3.63, 3.8) is 0 Å². The van der Waals surface area contributed by atoms with E-state index < -0.39 is 10.0 Å². The molecule has 0 saturated carbocycles. The SMILES string of the molecule is Cc1cccc(N(CC(=O)NCCSCc2c(Cl)cccc2Cl)S(=O)(=O)c2ccccc2)c1C. The number of carbonyl (C=O) groups excluding carboxylic acids is 1. The molecule has 34 heavy (non-hydrogen) atoms. The highest BCUT2D eigenvalue weighted by atomic mass is 35.5. The average Bonchev–Trinajstić information content (AvgIpc) is 2.81. The van der Waals surface area contributed by atoms with Crippen molar-refractivity contribution in [2.24, 2.45) is 0 Å². The maximum Gasteiger partial charge on any atom is 0.264 e. The zero-order valence-electron chi connectivity index (χ0n) is 18.9. The Balaban J connectivity index is 1.68. The van der Waals surface area contributed by atoms with Crippen molar-refractivity contribution in [1.82, 2.24) is 5.32 Å². The molecule has 3 aromatic rings. The van der Waals surface area contributed by atoms with Gasteiger partial charge in [-0.25, -0.2) is 8.42 Å². The van der Waals surface area contributed by atoms with Gasteiger partial charge in [-0.15, -0.1) is 0 Å². The van der Waals surface area contributed by atoms with Gasteiger partial charge in [0.25, 0.3) is 10.0 Å². The molecular formula is C25H26Cl2N2O3S2. The number of aryl methyl sites for hydroxylation is 1. The van der Waals surface area contributed by atoms with E-state index in [4.69, 9.17) is 23.2 Å². The summed E-state index contributed by atoms with van der Waals surface area (Å²) in [4.78, 5) is 12.9. The van der Waals surface area contributed by atoms with Crippen molar-refractivity contribution < 1.29 is 13.2 Å². The van der Waals surface area contributed by atoms with E-state index in [9.17, 15) is 13.2 Å². The molecule has 0 atom stereocenters. The number of hydrogen-bond acceptors (Lipinski definition) is 4. The van der Waals surface area contributed by atoms with Crippen LogP contribution in [-0.2, 0) is 20.6 Å². The van der Waals surface area contributed by atoms with Crippen LogP contribution in [0.25, 0.3) is 0 Å². The third-order valence-corrected chi connectivity index (χ3v) is 8.81. The first kappa shape index (κ1) is 26.4. The maximum atomic E-state index is 13.4. The Morgan fingerprint density at radius 2 is 1.59 bits per heavy atom. The summed E-state index contributed by atoms with van der Waals surface area (Å²) >= 11 is 14.0. The van der Waals surface area contributed by atoms with Crippen LogP contribution in [0.1, 0.15) is 16.7 Å². The van der Waals surface area contributed by atoms with Crippen LogP contribution in [0, 0.1) is 13.8 Å². The number of amides is 1. The summed E-state index contributed by atoms with van der Waals surface area (Å²) in [5.41, 5.74) is 3.10. The second kappa shape index (κ2) is 12.0. The lowest BCUT2D eigenvalue weighted by molar-refractivity contribution is -0.119. The lowest BCUT2D eigenvalue weighted by atomic mass is 10.1. The van der Waals surface area contributed by atoms with Gasteiger partial charge in [-0.05, 0) is 60.9 Å². The van der Waals surface area contributed by atoms with Crippen LogP contribution in [0.2, 0.25) is 10.0 Å². The molecule has 0 bridgehead atoms. The third-order valence-electron chi connectivity index (χ3n) is 5.34. The van der Waals surface area contributed by atoms with Crippen molar-refractivity contribution in [3.8, 4) is 0 Å². The smallest absolute Gasteiger partial charge is 0.264 e. The summed E-state index contributed by atoms with van der Waals surface area (Å²) < 4.78 is 28.1. The van der Waals surface area contributed by atoms with Crippen molar-refractivity contribution in [3.05, 3.63) is 93.5 Å². The van der Waals surface area contributed by atoms with Crippen molar-refractivity contribution in [1.29, 1.82) is 0 Å². The zero-order valence-corrected chi connectivity index (χ0v) is 22.1. The molecule has 3 aromatic carbocycles. The Labute approximate surface area is 215 Å². The quantitative estimate of drug-likeness (QED) is 0.329. The molecule has 0 aromatic heterocycles. The van der Waals surface area contributed by atoms with E-state index in [1.54, 1.807) is 60.3 Å². The fourth-order valence-corrected chi connectivity index (χ4v) is 6.41. The van der Waals surface area contributed by atoms with E-state index in [1.165, 1.54) is 16.4 Å². The standard InChI is InChI=1S/C25H26Cl2N2O3S2/c1-18-8-6-13-24(19(18)2)29(34(31,32)20-9-4-3-5-10-20)16-25(30)28-14-15-33-17-21-22(26)11-7-12-23(21)27/h3-13H,14-17H2,1-2H3,(H,28,30). The number of carbonyl (C=O) groups is 1. The predicted molar refractivity (Wildman–Crippen MR) is 143 cm³/mol. The van der Waals surface area contributed by atoms with Gasteiger partial charge < -0.3 is 5.32 Å². The number of benzene rings is 3. The van der Waals surface area contributed by atoms with E-state index >= 15 is 0 Å². The molecule has 9 heteroatoms. The Morgan fingerprint density at radius 1 is 0.941 bits per heavy atom. The van der Waals surface area contributed by atoms with Crippen LogP contribution in [0.5, 0.6) is 0 Å². The first-order valence-corrected chi connectivity index (χ1v) is 14.0. The minimum Gasteiger partial charge on any atom is -0.354 e. The fraction of sp³-hybridized carbons (Fsp3) is 0.240. The van der Waals surface area contributed by atoms with Crippen LogP contribution in [0.4, 0.5) is 5.69 Å². The average molecular weight is 538 g/mol. The van der Waals surface area contributed by atoms with E-state index in [0.29, 0.717) is 33.8 Å². The van der Waals surface area contributed by atoms with Crippen molar-refractivity contribution in [2.75, 3.05) is 23.1 Å². The molecule has 0 heterocycles. The van der Waals surface area contributed by atoms with Crippen LogP contribution < -0.4 is 9.62 Å². The van der Waals surface area contributed by atoms with Gasteiger partial charge in [-0.3, -0.25) is 9.10 Å². The second-order valence-electron chi connectivity index (χ2n) is 7.65. The molecule has 3 rings (SSSR count). The van der Waals surface area contributed by atoms with Crippen LogP contribution in [0.15, 0.2) is 71.6 Å². The molecule has 180 valence electrons.